The number of aromatic nitrogens is 4. The number of hydrogen-bond donors (Lipinski definition) is 1. The van der Waals surface area contributed by atoms with Gasteiger partial charge in [-0.05, 0) is 29.8 Å². The quantitative estimate of drug-likeness (QED) is 0.531. The van der Waals surface area contributed by atoms with Crippen LogP contribution in [0.5, 0.6) is 0 Å². The maximum absolute atomic E-state index is 12.9. The van der Waals surface area contributed by atoms with E-state index in [1.807, 2.05) is 0 Å². The van der Waals surface area contributed by atoms with Crippen molar-refractivity contribution in [1.82, 2.24) is 20.2 Å². The number of benzene rings is 1. The number of alkyl halides is 3. The van der Waals surface area contributed by atoms with Crippen molar-refractivity contribution in [2.75, 3.05) is 19.5 Å². The smallest absolute Gasteiger partial charge is 0.416 e. The lowest BCUT2D eigenvalue weighted by atomic mass is 10.1. The molecule has 0 saturated heterocycles. The number of methoxy groups -OCH3 is 2. The number of thiophene rings is 1. The SMILES string of the molecule is COC(=O)c1sc(NC(=O)Cn2nnc(-c3cccc(C(F)(F)F)c3)n2)c(C(=O)OC)c1C. The fourth-order valence-corrected chi connectivity index (χ4v) is 3.92. The van der Waals surface area contributed by atoms with E-state index in [0.29, 0.717) is 0 Å². The molecule has 3 rings (SSSR count). The molecule has 0 atom stereocenters. The first-order valence-electron chi connectivity index (χ1n) is 9.10. The van der Waals surface area contributed by atoms with Crippen molar-refractivity contribution in [3.8, 4) is 11.4 Å². The van der Waals surface area contributed by atoms with E-state index in [9.17, 15) is 27.6 Å². The van der Waals surface area contributed by atoms with Gasteiger partial charge >= 0.3 is 18.1 Å². The van der Waals surface area contributed by atoms with Gasteiger partial charge in [0.15, 0.2) is 0 Å². The van der Waals surface area contributed by atoms with Crippen molar-refractivity contribution >= 4 is 34.2 Å². The molecule has 14 heteroatoms. The van der Waals surface area contributed by atoms with E-state index in [4.69, 9.17) is 4.74 Å². The van der Waals surface area contributed by atoms with Crippen LogP contribution in [0.4, 0.5) is 18.2 Å². The van der Waals surface area contributed by atoms with E-state index < -0.39 is 36.1 Å². The number of rotatable bonds is 6. The molecule has 2 aromatic heterocycles. The molecule has 10 nitrogen and oxygen atoms in total. The Bertz CT molecular complexity index is 1220. The molecule has 0 aliphatic heterocycles. The number of esters is 2. The predicted octanol–water partition coefficient (Wildman–Crippen LogP) is 2.94. The maximum atomic E-state index is 12.9. The summed E-state index contributed by atoms with van der Waals surface area (Å²) in [5.74, 6) is -2.23. The van der Waals surface area contributed by atoms with Crippen LogP contribution in [0.1, 0.15) is 31.2 Å². The Morgan fingerprint density at radius 2 is 1.85 bits per heavy atom. The second-order valence-electron chi connectivity index (χ2n) is 6.51. The molecule has 0 fully saturated rings. The molecule has 0 bridgehead atoms. The summed E-state index contributed by atoms with van der Waals surface area (Å²) in [5.41, 5.74) is -0.535. The monoisotopic (exact) mass is 483 g/mol. The number of carbonyl (C=O) groups is 3. The first kappa shape index (κ1) is 23.8. The number of carbonyl (C=O) groups excluding carboxylic acids is 3. The lowest BCUT2D eigenvalue weighted by molar-refractivity contribution is -0.137. The number of tetrazole rings is 1. The zero-order valence-electron chi connectivity index (χ0n) is 17.4. The van der Waals surface area contributed by atoms with Crippen LogP contribution in [0.15, 0.2) is 24.3 Å². The van der Waals surface area contributed by atoms with E-state index in [2.05, 4.69) is 25.5 Å². The van der Waals surface area contributed by atoms with Crippen molar-refractivity contribution in [1.29, 1.82) is 0 Å². The van der Waals surface area contributed by atoms with Gasteiger partial charge in [-0.1, -0.05) is 12.1 Å². The average molecular weight is 483 g/mol. The van der Waals surface area contributed by atoms with Gasteiger partial charge in [0, 0.05) is 5.56 Å². The predicted molar refractivity (Wildman–Crippen MR) is 109 cm³/mol. The van der Waals surface area contributed by atoms with Gasteiger partial charge in [-0.15, -0.1) is 21.5 Å². The van der Waals surface area contributed by atoms with Gasteiger partial charge in [0.25, 0.3) is 0 Å². The van der Waals surface area contributed by atoms with Gasteiger partial charge in [0.2, 0.25) is 11.7 Å². The highest BCUT2D eigenvalue weighted by Gasteiger charge is 2.31. The average Bonchev–Trinajstić information content (AvgIpc) is 3.36. The summed E-state index contributed by atoms with van der Waals surface area (Å²) in [6.45, 7) is 1.04. The van der Waals surface area contributed by atoms with Crippen LogP contribution in [0, 0.1) is 6.92 Å². The zero-order chi connectivity index (χ0) is 24.3. The third-order valence-corrected chi connectivity index (χ3v) is 5.53. The Labute approximate surface area is 188 Å². The zero-order valence-corrected chi connectivity index (χ0v) is 18.2. The summed E-state index contributed by atoms with van der Waals surface area (Å²) in [6, 6.07) is 4.36. The first-order chi connectivity index (χ1) is 15.5. The lowest BCUT2D eigenvalue weighted by Gasteiger charge is -2.06. The molecule has 33 heavy (non-hydrogen) atoms. The van der Waals surface area contributed by atoms with Crippen LogP contribution < -0.4 is 5.32 Å². The summed E-state index contributed by atoms with van der Waals surface area (Å²) in [5, 5.41) is 13.8. The Morgan fingerprint density at radius 3 is 2.48 bits per heavy atom. The fraction of sp³-hybridized carbons (Fsp3) is 0.263. The minimum Gasteiger partial charge on any atom is -0.465 e. The Balaban J connectivity index is 1.80. The molecule has 0 radical (unpaired) electrons. The van der Waals surface area contributed by atoms with E-state index >= 15 is 0 Å². The minimum atomic E-state index is -4.54. The van der Waals surface area contributed by atoms with Crippen LogP contribution in [0.25, 0.3) is 11.4 Å². The van der Waals surface area contributed by atoms with Gasteiger partial charge in [0.1, 0.15) is 16.4 Å². The summed E-state index contributed by atoms with van der Waals surface area (Å²) in [7, 11) is 2.33. The van der Waals surface area contributed by atoms with Gasteiger partial charge in [-0.3, -0.25) is 4.79 Å². The molecular formula is C19H16F3N5O5S. The normalized spacial score (nSPS) is 11.2. The molecule has 1 aromatic carbocycles. The fourth-order valence-electron chi connectivity index (χ4n) is 2.79. The van der Waals surface area contributed by atoms with Gasteiger partial charge in [-0.25, -0.2) is 9.59 Å². The molecule has 0 saturated carbocycles. The molecule has 3 aromatic rings. The Morgan fingerprint density at radius 1 is 1.15 bits per heavy atom. The van der Waals surface area contributed by atoms with Crippen molar-refractivity contribution in [2.45, 2.75) is 19.6 Å². The molecule has 1 amide bonds. The van der Waals surface area contributed by atoms with Gasteiger partial charge in [0.05, 0.1) is 25.3 Å². The van der Waals surface area contributed by atoms with Crippen LogP contribution >= 0.6 is 11.3 Å². The first-order valence-corrected chi connectivity index (χ1v) is 9.92. The number of halogens is 3. The summed E-state index contributed by atoms with van der Waals surface area (Å²) >= 11 is 0.828. The third-order valence-electron chi connectivity index (χ3n) is 4.35. The molecule has 0 aliphatic rings. The summed E-state index contributed by atoms with van der Waals surface area (Å²) in [4.78, 5) is 37.5. The minimum absolute atomic E-state index is 0.00699. The third kappa shape index (κ3) is 5.16. The van der Waals surface area contributed by atoms with Crippen LogP contribution in [-0.4, -0.2) is 52.3 Å². The Kier molecular flexibility index (Phi) is 6.76. The highest BCUT2D eigenvalue weighted by Crippen LogP contribution is 2.34. The number of anilines is 1. The van der Waals surface area contributed by atoms with Crippen LogP contribution in [-0.2, 0) is 27.0 Å². The summed E-state index contributed by atoms with van der Waals surface area (Å²) < 4.78 is 48.1. The lowest BCUT2D eigenvalue weighted by Crippen LogP contribution is -2.21. The molecule has 0 unspecified atom stereocenters. The molecular weight excluding hydrogens is 467 g/mol. The Hall–Kier alpha value is -3.81. The second kappa shape index (κ2) is 9.36. The van der Waals surface area contributed by atoms with E-state index in [1.54, 1.807) is 0 Å². The molecule has 2 heterocycles. The number of hydrogen-bond acceptors (Lipinski definition) is 9. The topological polar surface area (TPSA) is 125 Å². The summed E-state index contributed by atoms with van der Waals surface area (Å²) in [6.07, 6.45) is -4.54. The highest BCUT2D eigenvalue weighted by molar-refractivity contribution is 7.18. The van der Waals surface area contributed by atoms with Crippen molar-refractivity contribution in [2.24, 2.45) is 0 Å². The molecule has 1 N–H and O–H groups in total. The number of ether oxygens (including phenoxy) is 2. The molecule has 174 valence electrons. The molecule has 0 aliphatic carbocycles. The van der Waals surface area contributed by atoms with Crippen molar-refractivity contribution < 1.29 is 37.0 Å². The standard InChI is InChI=1S/C19H16F3N5O5S/c1-9-13(17(29)31-2)16(33-14(9)18(30)32-3)23-12(28)8-27-25-15(24-26-27)10-5-4-6-11(7-10)19(20,21)22/h4-7H,8H2,1-3H3,(H,23,28). The van der Waals surface area contributed by atoms with E-state index in [-0.39, 0.29) is 32.4 Å². The second-order valence-corrected chi connectivity index (χ2v) is 7.53. The van der Waals surface area contributed by atoms with Crippen LogP contribution in [0.2, 0.25) is 0 Å². The number of amides is 1. The number of nitrogens with zero attached hydrogens (tertiary/aromatic N) is 4. The molecule has 0 spiro atoms. The largest absolute Gasteiger partial charge is 0.465 e. The van der Waals surface area contributed by atoms with Crippen molar-refractivity contribution in [3.05, 3.63) is 45.8 Å². The van der Waals surface area contributed by atoms with E-state index in [0.717, 1.165) is 35.4 Å². The highest BCUT2D eigenvalue weighted by atomic mass is 32.1. The van der Waals surface area contributed by atoms with E-state index in [1.165, 1.54) is 26.2 Å². The van der Waals surface area contributed by atoms with Gasteiger partial charge < -0.3 is 14.8 Å². The van der Waals surface area contributed by atoms with Crippen molar-refractivity contribution in [3.63, 3.8) is 0 Å². The maximum Gasteiger partial charge on any atom is 0.416 e. The van der Waals surface area contributed by atoms with Crippen LogP contribution in [0.3, 0.4) is 0 Å². The number of nitrogens with one attached hydrogen (secondary N) is 1. The van der Waals surface area contributed by atoms with Gasteiger partial charge in [-0.2, -0.15) is 18.0 Å².